The molecule has 15 heavy (non-hydrogen) atoms. The molecular weight excluding hydrogens is 254 g/mol. The van der Waals surface area contributed by atoms with E-state index >= 15 is 0 Å². The van der Waals surface area contributed by atoms with Gasteiger partial charge in [-0.1, -0.05) is 28.1 Å². The van der Waals surface area contributed by atoms with Gasteiger partial charge in [-0.25, -0.2) is 0 Å². The number of alkyl halides is 1. The number of halogens is 1. The van der Waals surface area contributed by atoms with Crippen molar-refractivity contribution in [2.75, 3.05) is 10.6 Å². The molecule has 0 saturated heterocycles. The Bertz CT molecular complexity index is 374. The fourth-order valence-corrected chi connectivity index (χ4v) is 2.06. The van der Waals surface area contributed by atoms with Gasteiger partial charge in [-0.05, 0) is 37.0 Å². The summed E-state index contributed by atoms with van der Waals surface area (Å²) in [7, 11) is 0. The maximum absolute atomic E-state index is 11.1. The maximum Gasteiger partial charge on any atom is 0.221 e. The van der Waals surface area contributed by atoms with E-state index in [1.165, 1.54) is 18.1 Å². The van der Waals surface area contributed by atoms with Crippen LogP contribution < -0.4 is 5.32 Å². The Hall–Kier alpha value is -0.830. The van der Waals surface area contributed by atoms with Gasteiger partial charge in [0.05, 0.1) is 0 Å². The SMILES string of the molecule is CC(=O)Nc1c(C)ccc(CCBr)c1C. The maximum atomic E-state index is 11.1. The normalized spacial score (nSPS) is 10.1. The summed E-state index contributed by atoms with van der Waals surface area (Å²) in [4.78, 5) is 11.1. The average Bonchev–Trinajstić information content (AvgIpc) is 2.17. The largest absolute Gasteiger partial charge is 0.326 e. The summed E-state index contributed by atoms with van der Waals surface area (Å²) in [5.74, 6) is -0.0165. The highest BCUT2D eigenvalue weighted by Crippen LogP contribution is 2.24. The first kappa shape index (κ1) is 12.2. The number of aryl methyl sites for hydroxylation is 2. The van der Waals surface area contributed by atoms with Crippen LogP contribution in [0.3, 0.4) is 0 Å². The van der Waals surface area contributed by atoms with Crippen LogP contribution in [-0.4, -0.2) is 11.2 Å². The van der Waals surface area contributed by atoms with Crippen LogP contribution >= 0.6 is 15.9 Å². The first-order valence-electron chi connectivity index (χ1n) is 4.99. The van der Waals surface area contributed by atoms with E-state index in [9.17, 15) is 4.79 Å². The molecule has 0 radical (unpaired) electrons. The van der Waals surface area contributed by atoms with Crippen LogP contribution in [-0.2, 0) is 11.2 Å². The van der Waals surface area contributed by atoms with Gasteiger partial charge in [0.15, 0.2) is 0 Å². The standard InChI is InChI=1S/C12H16BrNO/c1-8-4-5-11(6-7-13)9(2)12(8)14-10(3)15/h4-5H,6-7H2,1-3H3,(H,14,15). The minimum absolute atomic E-state index is 0.0165. The molecular formula is C12H16BrNO. The lowest BCUT2D eigenvalue weighted by Crippen LogP contribution is -2.10. The lowest BCUT2D eigenvalue weighted by atomic mass is 10.0. The summed E-state index contributed by atoms with van der Waals surface area (Å²) < 4.78 is 0. The molecule has 0 aliphatic heterocycles. The van der Waals surface area contributed by atoms with E-state index in [0.29, 0.717) is 0 Å². The van der Waals surface area contributed by atoms with Crippen LogP contribution in [0.25, 0.3) is 0 Å². The predicted octanol–water partition coefficient (Wildman–Crippen LogP) is 3.20. The molecule has 1 amide bonds. The smallest absolute Gasteiger partial charge is 0.221 e. The van der Waals surface area contributed by atoms with Crippen molar-refractivity contribution >= 4 is 27.5 Å². The summed E-state index contributed by atoms with van der Waals surface area (Å²) in [6, 6.07) is 4.17. The number of amides is 1. The van der Waals surface area contributed by atoms with E-state index in [1.807, 2.05) is 6.92 Å². The zero-order valence-electron chi connectivity index (χ0n) is 9.36. The Labute approximate surface area is 99.2 Å². The van der Waals surface area contributed by atoms with Crippen molar-refractivity contribution in [3.05, 3.63) is 28.8 Å². The third-order valence-corrected chi connectivity index (χ3v) is 2.85. The van der Waals surface area contributed by atoms with Crippen LogP contribution in [0.1, 0.15) is 23.6 Å². The zero-order valence-corrected chi connectivity index (χ0v) is 10.9. The van der Waals surface area contributed by atoms with Crippen LogP contribution in [0, 0.1) is 13.8 Å². The van der Waals surface area contributed by atoms with Gasteiger partial charge in [0.2, 0.25) is 5.91 Å². The van der Waals surface area contributed by atoms with Gasteiger partial charge in [0, 0.05) is 17.9 Å². The molecule has 0 atom stereocenters. The van der Waals surface area contributed by atoms with Crippen LogP contribution in [0.15, 0.2) is 12.1 Å². The summed E-state index contributed by atoms with van der Waals surface area (Å²) in [5.41, 5.74) is 4.52. The van der Waals surface area contributed by atoms with Gasteiger partial charge in [0.25, 0.3) is 0 Å². The number of anilines is 1. The van der Waals surface area contributed by atoms with E-state index in [4.69, 9.17) is 0 Å². The van der Waals surface area contributed by atoms with Crippen molar-refractivity contribution < 1.29 is 4.79 Å². The molecule has 0 aliphatic carbocycles. The second kappa shape index (κ2) is 5.31. The number of hydrogen-bond donors (Lipinski definition) is 1. The van der Waals surface area contributed by atoms with Gasteiger partial charge >= 0.3 is 0 Å². The zero-order chi connectivity index (χ0) is 11.4. The highest BCUT2D eigenvalue weighted by molar-refractivity contribution is 9.09. The number of hydrogen-bond acceptors (Lipinski definition) is 1. The molecule has 2 nitrogen and oxygen atoms in total. The fourth-order valence-electron chi connectivity index (χ4n) is 1.63. The molecule has 1 aromatic carbocycles. The number of carbonyl (C=O) groups is 1. The van der Waals surface area contributed by atoms with Gasteiger partial charge < -0.3 is 5.32 Å². The van der Waals surface area contributed by atoms with E-state index in [1.54, 1.807) is 0 Å². The van der Waals surface area contributed by atoms with E-state index < -0.39 is 0 Å². The molecule has 1 N–H and O–H groups in total. The molecule has 0 unspecified atom stereocenters. The minimum Gasteiger partial charge on any atom is -0.326 e. The van der Waals surface area contributed by atoms with Crippen LogP contribution in [0.2, 0.25) is 0 Å². The first-order valence-corrected chi connectivity index (χ1v) is 6.11. The van der Waals surface area contributed by atoms with Crippen molar-refractivity contribution in [2.24, 2.45) is 0 Å². The molecule has 0 saturated carbocycles. The summed E-state index contributed by atoms with van der Waals surface area (Å²) in [6.45, 7) is 5.60. The van der Waals surface area contributed by atoms with Gasteiger partial charge in [0.1, 0.15) is 0 Å². The summed E-state index contributed by atoms with van der Waals surface area (Å²) in [6.07, 6.45) is 0.985. The highest BCUT2D eigenvalue weighted by atomic mass is 79.9. The number of rotatable bonds is 3. The lowest BCUT2D eigenvalue weighted by molar-refractivity contribution is -0.114. The van der Waals surface area contributed by atoms with Crippen molar-refractivity contribution in [3.8, 4) is 0 Å². The molecule has 3 heteroatoms. The highest BCUT2D eigenvalue weighted by Gasteiger charge is 2.07. The first-order chi connectivity index (χ1) is 7.06. The second-order valence-electron chi connectivity index (χ2n) is 3.66. The third kappa shape index (κ3) is 3.06. The Morgan fingerprint density at radius 2 is 2.07 bits per heavy atom. The molecule has 82 valence electrons. The fraction of sp³-hybridized carbons (Fsp3) is 0.417. The van der Waals surface area contributed by atoms with Gasteiger partial charge in [-0.2, -0.15) is 0 Å². The van der Waals surface area contributed by atoms with E-state index in [2.05, 4.69) is 40.3 Å². The molecule has 0 aliphatic rings. The van der Waals surface area contributed by atoms with Crippen molar-refractivity contribution in [3.63, 3.8) is 0 Å². The Morgan fingerprint density at radius 3 is 2.60 bits per heavy atom. The van der Waals surface area contributed by atoms with E-state index in [0.717, 1.165) is 23.0 Å². The lowest BCUT2D eigenvalue weighted by Gasteiger charge is -2.13. The van der Waals surface area contributed by atoms with E-state index in [-0.39, 0.29) is 5.91 Å². The Morgan fingerprint density at radius 1 is 1.40 bits per heavy atom. The average molecular weight is 270 g/mol. The third-order valence-electron chi connectivity index (χ3n) is 2.45. The van der Waals surface area contributed by atoms with Crippen molar-refractivity contribution in [1.82, 2.24) is 0 Å². The second-order valence-corrected chi connectivity index (χ2v) is 4.45. The van der Waals surface area contributed by atoms with Crippen LogP contribution in [0.5, 0.6) is 0 Å². The Kier molecular flexibility index (Phi) is 4.33. The topological polar surface area (TPSA) is 29.1 Å². The van der Waals surface area contributed by atoms with Crippen molar-refractivity contribution in [1.29, 1.82) is 0 Å². The molecule has 0 heterocycles. The summed E-state index contributed by atoms with van der Waals surface area (Å²) >= 11 is 3.43. The van der Waals surface area contributed by atoms with Crippen molar-refractivity contribution in [2.45, 2.75) is 27.2 Å². The molecule has 1 rings (SSSR count). The molecule has 0 aromatic heterocycles. The molecule has 1 aromatic rings. The number of carbonyl (C=O) groups excluding carboxylic acids is 1. The number of benzene rings is 1. The minimum atomic E-state index is -0.0165. The van der Waals surface area contributed by atoms with Gasteiger partial charge in [-0.3, -0.25) is 4.79 Å². The molecule has 0 spiro atoms. The predicted molar refractivity (Wildman–Crippen MR) is 67.7 cm³/mol. The molecule has 0 fully saturated rings. The summed E-state index contributed by atoms with van der Waals surface area (Å²) in [5, 5.41) is 3.83. The molecule has 0 bridgehead atoms. The van der Waals surface area contributed by atoms with Crippen LogP contribution in [0.4, 0.5) is 5.69 Å². The quantitative estimate of drug-likeness (QED) is 0.839. The van der Waals surface area contributed by atoms with Gasteiger partial charge in [-0.15, -0.1) is 0 Å². The monoisotopic (exact) mass is 269 g/mol. The number of nitrogens with one attached hydrogen (secondary N) is 1. The Balaban J connectivity index is 3.11.